The van der Waals surface area contributed by atoms with Crippen LogP contribution < -0.4 is 0 Å². The predicted molar refractivity (Wildman–Crippen MR) is 101 cm³/mol. The molecule has 8 heteroatoms. The van der Waals surface area contributed by atoms with Gasteiger partial charge in [0.2, 0.25) is 11.7 Å². The molecule has 0 saturated carbocycles. The van der Waals surface area contributed by atoms with Crippen LogP contribution in [0, 0.1) is 13.8 Å². The molecule has 0 amide bonds. The lowest BCUT2D eigenvalue weighted by Crippen LogP contribution is -1.88. The second-order valence-corrected chi connectivity index (χ2v) is 8.00. The fourth-order valence-corrected chi connectivity index (χ4v) is 4.63. The van der Waals surface area contributed by atoms with E-state index >= 15 is 0 Å². The quantitative estimate of drug-likeness (QED) is 0.349. The van der Waals surface area contributed by atoms with Crippen LogP contribution in [0.15, 0.2) is 40.1 Å². The van der Waals surface area contributed by atoms with Crippen LogP contribution in [0.5, 0.6) is 0 Å². The summed E-state index contributed by atoms with van der Waals surface area (Å²) in [7, 11) is 0. The number of aromatic nitrogens is 4. The average Bonchev–Trinajstić information content (AvgIpc) is 3.19. The molecule has 0 aliphatic carbocycles. The molecule has 25 heavy (non-hydrogen) atoms. The molecular formula is C17H13ClN4OS2. The van der Waals surface area contributed by atoms with E-state index < -0.39 is 0 Å². The van der Waals surface area contributed by atoms with Gasteiger partial charge in [0.05, 0.1) is 10.8 Å². The molecule has 5 nitrogen and oxygen atoms in total. The van der Waals surface area contributed by atoms with Crippen molar-refractivity contribution in [1.29, 1.82) is 0 Å². The Morgan fingerprint density at radius 2 is 2.04 bits per heavy atom. The molecule has 4 rings (SSSR count). The molecule has 0 atom stereocenters. The van der Waals surface area contributed by atoms with Gasteiger partial charge in [0.15, 0.2) is 0 Å². The van der Waals surface area contributed by atoms with E-state index in [4.69, 9.17) is 16.1 Å². The van der Waals surface area contributed by atoms with E-state index in [2.05, 4.69) is 34.0 Å². The van der Waals surface area contributed by atoms with Gasteiger partial charge in [-0.15, -0.1) is 11.3 Å². The number of rotatable bonds is 4. The molecule has 1 aromatic carbocycles. The Balaban J connectivity index is 1.58. The molecule has 4 aromatic rings. The number of hydrogen-bond donors (Lipinski definition) is 0. The molecule has 0 fully saturated rings. The van der Waals surface area contributed by atoms with Gasteiger partial charge in [-0.05, 0) is 31.5 Å². The molecule has 0 aliphatic rings. The van der Waals surface area contributed by atoms with E-state index in [0.717, 1.165) is 20.8 Å². The maximum Gasteiger partial charge on any atom is 0.237 e. The van der Waals surface area contributed by atoms with Crippen LogP contribution >= 0.6 is 34.7 Å². The first-order chi connectivity index (χ1) is 12.1. The summed E-state index contributed by atoms with van der Waals surface area (Å²) in [4.78, 5) is 15.5. The minimum absolute atomic E-state index is 0.497. The maximum absolute atomic E-state index is 6.18. The number of nitrogens with zero attached hydrogens (tertiary/aromatic N) is 4. The van der Waals surface area contributed by atoms with Gasteiger partial charge in [0.25, 0.3) is 0 Å². The van der Waals surface area contributed by atoms with Gasteiger partial charge in [0.1, 0.15) is 16.2 Å². The summed E-state index contributed by atoms with van der Waals surface area (Å²) in [5.41, 5.74) is 1.99. The topological polar surface area (TPSA) is 64.7 Å². The first kappa shape index (κ1) is 16.5. The third-order valence-electron chi connectivity index (χ3n) is 3.85. The van der Waals surface area contributed by atoms with E-state index in [1.807, 2.05) is 18.2 Å². The zero-order valence-electron chi connectivity index (χ0n) is 13.5. The molecule has 0 unspecified atom stereocenters. The van der Waals surface area contributed by atoms with E-state index in [1.165, 1.54) is 10.4 Å². The molecule has 0 spiro atoms. The molecule has 0 saturated heterocycles. The van der Waals surface area contributed by atoms with Crippen molar-refractivity contribution >= 4 is 44.9 Å². The van der Waals surface area contributed by atoms with E-state index in [9.17, 15) is 0 Å². The molecule has 0 aliphatic heterocycles. The summed E-state index contributed by atoms with van der Waals surface area (Å²) < 4.78 is 5.36. The van der Waals surface area contributed by atoms with Crippen molar-refractivity contribution in [3.63, 3.8) is 0 Å². The van der Waals surface area contributed by atoms with E-state index in [-0.39, 0.29) is 0 Å². The lowest BCUT2D eigenvalue weighted by Gasteiger charge is -2.00. The predicted octanol–water partition coefficient (Wildman–Crippen LogP) is 5.30. The largest absolute Gasteiger partial charge is 0.338 e. The lowest BCUT2D eigenvalue weighted by molar-refractivity contribution is 0.391. The highest BCUT2D eigenvalue weighted by Gasteiger charge is 2.15. The minimum Gasteiger partial charge on any atom is -0.338 e. The summed E-state index contributed by atoms with van der Waals surface area (Å²) in [5.74, 6) is 1.57. The third-order valence-corrected chi connectivity index (χ3v) is 6.26. The molecule has 0 N–H and O–H groups in total. The zero-order chi connectivity index (χ0) is 17.4. The Hall–Kier alpha value is -1.96. The second-order valence-electron chi connectivity index (χ2n) is 5.42. The molecule has 3 aromatic heterocycles. The Bertz CT molecular complexity index is 1060. The molecule has 126 valence electrons. The van der Waals surface area contributed by atoms with Crippen molar-refractivity contribution in [3.05, 3.63) is 51.9 Å². The van der Waals surface area contributed by atoms with Crippen molar-refractivity contribution in [2.75, 3.05) is 0 Å². The molecular weight excluding hydrogens is 376 g/mol. The van der Waals surface area contributed by atoms with Crippen LogP contribution in [-0.2, 0) is 5.75 Å². The monoisotopic (exact) mass is 388 g/mol. The highest BCUT2D eigenvalue weighted by Crippen LogP contribution is 2.35. The fourth-order valence-electron chi connectivity index (χ4n) is 2.46. The van der Waals surface area contributed by atoms with Crippen LogP contribution in [0.4, 0.5) is 0 Å². The number of thioether (sulfide) groups is 1. The molecule has 0 radical (unpaired) electrons. The highest BCUT2D eigenvalue weighted by molar-refractivity contribution is 7.98. The normalized spacial score (nSPS) is 11.3. The number of thiophene rings is 1. The summed E-state index contributed by atoms with van der Waals surface area (Å²) in [6, 6.07) is 7.44. The van der Waals surface area contributed by atoms with Crippen molar-refractivity contribution in [2.45, 2.75) is 24.6 Å². The number of fused-ring (bicyclic) bond motifs is 1. The van der Waals surface area contributed by atoms with Crippen molar-refractivity contribution in [2.24, 2.45) is 0 Å². The van der Waals surface area contributed by atoms with Gasteiger partial charge in [-0.1, -0.05) is 40.7 Å². The lowest BCUT2D eigenvalue weighted by atomic mass is 10.2. The Morgan fingerprint density at radius 1 is 1.20 bits per heavy atom. The van der Waals surface area contributed by atoms with Crippen molar-refractivity contribution in [3.8, 4) is 11.4 Å². The van der Waals surface area contributed by atoms with Crippen LogP contribution in [0.25, 0.3) is 21.6 Å². The smallest absolute Gasteiger partial charge is 0.237 e. The highest BCUT2D eigenvalue weighted by atomic mass is 35.5. The van der Waals surface area contributed by atoms with Gasteiger partial charge in [-0.2, -0.15) is 4.98 Å². The van der Waals surface area contributed by atoms with Crippen LogP contribution in [0.1, 0.15) is 16.3 Å². The Kier molecular flexibility index (Phi) is 4.45. The summed E-state index contributed by atoms with van der Waals surface area (Å²) in [5, 5.41) is 6.68. The second kappa shape index (κ2) is 6.74. The molecule has 3 heterocycles. The summed E-state index contributed by atoms with van der Waals surface area (Å²) in [6.07, 6.45) is 1.60. The maximum atomic E-state index is 6.18. The van der Waals surface area contributed by atoms with Gasteiger partial charge in [0, 0.05) is 15.8 Å². The standard InChI is InChI=1S/C17H13ClN4OS2/c1-9-10(2)25-17-14(9)16(19-8-20-17)24-7-13-21-15(22-23-13)11-5-3-4-6-12(11)18/h3-6,8H,7H2,1-2H3. The van der Waals surface area contributed by atoms with Gasteiger partial charge >= 0.3 is 0 Å². The van der Waals surface area contributed by atoms with Crippen molar-refractivity contribution in [1.82, 2.24) is 20.1 Å². The van der Waals surface area contributed by atoms with Gasteiger partial charge < -0.3 is 4.52 Å². The first-order valence-corrected chi connectivity index (χ1v) is 9.72. The molecule has 0 bridgehead atoms. The summed E-state index contributed by atoms with van der Waals surface area (Å²) in [6.45, 7) is 4.20. The van der Waals surface area contributed by atoms with Crippen LogP contribution in [0.2, 0.25) is 5.02 Å². The number of halogens is 1. The van der Waals surface area contributed by atoms with Gasteiger partial charge in [-0.25, -0.2) is 9.97 Å². The minimum atomic E-state index is 0.497. The first-order valence-electron chi connectivity index (χ1n) is 7.54. The summed E-state index contributed by atoms with van der Waals surface area (Å²) >= 11 is 9.44. The SMILES string of the molecule is Cc1sc2ncnc(SCc3nc(-c4ccccc4Cl)no3)c2c1C. The Labute approximate surface area is 157 Å². The number of hydrogen-bond acceptors (Lipinski definition) is 7. The van der Waals surface area contributed by atoms with Crippen LogP contribution in [-0.4, -0.2) is 20.1 Å². The zero-order valence-corrected chi connectivity index (χ0v) is 15.9. The van der Waals surface area contributed by atoms with Gasteiger partial charge in [-0.3, -0.25) is 0 Å². The van der Waals surface area contributed by atoms with Crippen LogP contribution in [0.3, 0.4) is 0 Å². The Morgan fingerprint density at radius 3 is 2.88 bits per heavy atom. The number of benzene rings is 1. The van der Waals surface area contributed by atoms with E-state index in [0.29, 0.717) is 22.5 Å². The number of aryl methyl sites for hydroxylation is 2. The van der Waals surface area contributed by atoms with E-state index in [1.54, 1.807) is 35.5 Å². The van der Waals surface area contributed by atoms with Crippen molar-refractivity contribution < 1.29 is 4.52 Å². The fraction of sp³-hybridized carbons (Fsp3) is 0.176. The third kappa shape index (κ3) is 3.15. The average molecular weight is 389 g/mol.